The molecule has 0 atom stereocenters. The zero-order chi connectivity index (χ0) is 5.11. The van der Waals surface area contributed by atoms with Crippen molar-refractivity contribution in [2.75, 3.05) is 0 Å². The van der Waals surface area contributed by atoms with Crippen molar-refractivity contribution in [3.05, 3.63) is 0 Å². The fourth-order valence-corrected chi connectivity index (χ4v) is 2.05. The molecule has 0 N–H and O–H groups in total. The molecule has 0 bridgehead atoms. The van der Waals surface area contributed by atoms with Crippen LogP contribution in [0.15, 0.2) is 0 Å². The SMILES string of the molecule is IBC1CCCC1. The third-order valence-corrected chi connectivity index (χ3v) is 2.94. The largest absolute Gasteiger partial charge is 0.203 e. The van der Waals surface area contributed by atoms with Crippen molar-refractivity contribution in [1.82, 2.24) is 0 Å². The second-order valence-corrected chi connectivity index (χ2v) is 3.19. The van der Waals surface area contributed by atoms with Gasteiger partial charge in [-0.2, -0.15) is 22.4 Å². The van der Waals surface area contributed by atoms with Gasteiger partial charge in [-0.05, 0) is 0 Å². The smallest absolute Gasteiger partial charge is 0.155 e. The Balaban J connectivity index is 2.14. The van der Waals surface area contributed by atoms with Crippen LogP contribution in [0.4, 0.5) is 0 Å². The molecule has 0 aliphatic heterocycles. The van der Waals surface area contributed by atoms with E-state index in [4.69, 9.17) is 0 Å². The Morgan fingerprint density at radius 2 is 1.86 bits per heavy atom. The highest BCUT2D eigenvalue weighted by atomic mass is 127. The van der Waals surface area contributed by atoms with Crippen molar-refractivity contribution in [1.29, 1.82) is 0 Å². The van der Waals surface area contributed by atoms with Gasteiger partial charge in [0.2, 0.25) is 5.14 Å². The highest BCUT2D eigenvalue weighted by molar-refractivity contribution is 14.1. The van der Waals surface area contributed by atoms with E-state index in [2.05, 4.69) is 22.4 Å². The van der Waals surface area contributed by atoms with Gasteiger partial charge in [0.05, 0.1) is 0 Å². The maximum atomic E-state index is 2.49. The van der Waals surface area contributed by atoms with Gasteiger partial charge >= 0.3 is 0 Å². The molecule has 1 fully saturated rings. The van der Waals surface area contributed by atoms with Crippen LogP contribution in [0.25, 0.3) is 0 Å². The monoisotopic (exact) mass is 208 g/mol. The first-order valence-electron chi connectivity index (χ1n) is 2.99. The summed E-state index contributed by atoms with van der Waals surface area (Å²) in [6.07, 6.45) is 5.99. The first-order valence-corrected chi connectivity index (χ1v) is 4.52. The Kier molecular flexibility index (Phi) is 2.50. The van der Waals surface area contributed by atoms with E-state index in [1.54, 1.807) is 0 Å². The van der Waals surface area contributed by atoms with Gasteiger partial charge in [0, 0.05) is 0 Å². The van der Waals surface area contributed by atoms with E-state index in [1.165, 1.54) is 30.8 Å². The normalized spacial score (nSPS) is 23.0. The summed E-state index contributed by atoms with van der Waals surface area (Å²) >= 11 is 2.49. The molecule has 1 aliphatic rings. The van der Waals surface area contributed by atoms with E-state index in [0.29, 0.717) is 0 Å². The predicted octanol–water partition coefficient (Wildman–Crippen LogP) is 2.14. The quantitative estimate of drug-likeness (QED) is 0.457. The van der Waals surface area contributed by atoms with Crippen LogP contribution in [0.1, 0.15) is 25.7 Å². The van der Waals surface area contributed by atoms with Crippen LogP contribution in [-0.4, -0.2) is 5.14 Å². The number of rotatable bonds is 1. The molecule has 0 aromatic carbocycles. The number of hydrogen-bond donors (Lipinski definition) is 0. The van der Waals surface area contributed by atoms with Crippen molar-refractivity contribution in [3.8, 4) is 0 Å². The molecule has 7 heavy (non-hydrogen) atoms. The fraction of sp³-hybridized carbons (Fsp3) is 1.00. The fourth-order valence-electron chi connectivity index (χ4n) is 1.16. The summed E-state index contributed by atoms with van der Waals surface area (Å²) in [5.74, 6) is 1.08. The van der Waals surface area contributed by atoms with Crippen molar-refractivity contribution >= 4 is 27.5 Å². The van der Waals surface area contributed by atoms with E-state index in [9.17, 15) is 0 Å². The molecule has 0 heterocycles. The van der Waals surface area contributed by atoms with Crippen LogP contribution < -0.4 is 0 Å². The van der Waals surface area contributed by atoms with Crippen LogP contribution >= 0.6 is 22.4 Å². The van der Waals surface area contributed by atoms with Gasteiger partial charge in [0.1, 0.15) is 0 Å². The van der Waals surface area contributed by atoms with E-state index < -0.39 is 0 Å². The van der Waals surface area contributed by atoms with Gasteiger partial charge in [0.25, 0.3) is 0 Å². The van der Waals surface area contributed by atoms with Gasteiger partial charge in [-0.3, -0.25) is 0 Å². The van der Waals surface area contributed by atoms with Crippen molar-refractivity contribution in [3.63, 3.8) is 0 Å². The second-order valence-electron chi connectivity index (χ2n) is 2.30. The molecule has 0 nitrogen and oxygen atoms in total. The standard InChI is InChI=1S/C5H10BI/c7-6-5-3-1-2-4-5/h5-6H,1-4H2. The molecule has 0 amide bonds. The minimum Gasteiger partial charge on any atom is -0.155 e. The Bertz CT molecular complexity index is 50.0. The third kappa shape index (κ3) is 1.63. The second kappa shape index (κ2) is 2.95. The zero-order valence-corrected chi connectivity index (χ0v) is 6.65. The molecule has 2 heteroatoms. The average Bonchev–Trinajstić information content (AvgIpc) is 2.14. The summed E-state index contributed by atoms with van der Waals surface area (Å²) in [6.45, 7) is 0. The van der Waals surface area contributed by atoms with Crippen molar-refractivity contribution < 1.29 is 0 Å². The van der Waals surface area contributed by atoms with E-state index >= 15 is 0 Å². The van der Waals surface area contributed by atoms with Crippen molar-refractivity contribution in [2.24, 2.45) is 0 Å². The number of halogens is 1. The molecule has 1 rings (SSSR count). The molecule has 0 saturated heterocycles. The van der Waals surface area contributed by atoms with Gasteiger partial charge in [-0.1, -0.05) is 31.5 Å². The Morgan fingerprint density at radius 1 is 1.29 bits per heavy atom. The van der Waals surface area contributed by atoms with Gasteiger partial charge in [0.15, 0.2) is 0 Å². The van der Waals surface area contributed by atoms with Gasteiger partial charge < -0.3 is 0 Å². The molecular formula is C5H10BI. The van der Waals surface area contributed by atoms with Crippen LogP contribution in [0.2, 0.25) is 5.82 Å². The summed E-state index contributed by atoms with van der Waals surface area (Å²) in [6, 6.07) is 0. The Morgan fingerprint density at radius 3 is 2.14 bits per heavy atom. The Hall–Kier alpha value is 0.795. The van der Waals surface area contributed by atoms with E-state index in [0.717, 1.165) is 5.82 Å². The van der Waals surface area contributed by atoms with E-state index in [-0.39, 0.29) is 0 Å². The summed E-state index contributed by atoms with van der Waals surface area (Å²) in [5.41, 5.74) is 0. The minimum absolute atomic E-state index is 1.08. The maximum Gasteiger partial charge on any atom is 0.203 e. The molecular weight excluding hydrogens is 198 g/mol. The third-order valence-electron chi connectivity index (χ3n) is 1.69. The summed E-state index contributed by atoms with van der Waals surface area (Å²) < 4.78 is 0. The Labute approximate surface area is 59.2 Å². The molecule has 0 aromatic rings. The summed E-state index contributed by atoms with van der Waals surface area (Å²) in [7, 11) is 0. The molecule has 40 valence electrons. The molecule has 1 aliphatic carbocycles. The summed E-state index contributed by atoms with van der Waals surface area (Å²) in [5, 5.41) is 1.39. The minimum atomic E-state index is 1.08. The predicted molar refractivity (Wildman–Crippen MR) is 43.4 cm³/mol. The van der Waals surface area contributed by atoms with Crippen LogP contribution in [0.5, 0.6) is 0 Å². The van der Waals surface area contributed by atoms with Gasteiger partial charge in [-0.25, -0.2) is 0 Å². The van der Waals surface area contributed by atoms with Crippen molar-refractivity contribution in [2.45, 2.75) is 31.5 Å². The highest BCUT2D eigenvalue weighted by Gasteiger charge is 2.13. The lowest BCUT2D eigenvalue weighted by Crippen LogP contribution is -1.87. The van der Waals surface area contributed by atoms with E-state index in [1.807, 2.05) is 0 Å². The van der Waals surface area contributed by atoms with Crippen LogP contribution in [0, 0.1) is 0 Å². The summed E-state index contributed by atoms with van der Waals surface area (Å²) in [4.78, 5) is 0. The molecule has 0 unspecified atom stereocenters. The van der Waals surface area contributed by atoms with Gasteiger partial charge in [-0.15, -0.1) is 0 Å². The van der Waals surface area contributed by atoms with Crippen LogP contribution in [-0.2, 0) is 0 Å². The first-order chi connectivity index (χ1) is 3.43. The lowest BCUT2D eigenvalue weighted by Gasteiger charge is -1.96. The average molecular weight is 208 g/mol. The van der Waals surface area contributed by atoms with Crippen LogP contribution in [0.3, 0.4) is 0 Å². The lowest BCUT2D eigenvalue weighted by atomic mass is 9.86. The molecule has 0 aromatic heterocycles. The molecule has 1 saturated carbocycles. The first kappa shape index (κ1) is 5.92. The molecule has 0 spiro atoms. The number of hydrogen-bond acceptors (Lipinski definition) is 0. The topological polar surface area (TPSA) is 0 Å². The maximum absolute atomic E-state index is 2.49. The lowest BCUT2D eigenvalue weighted by molar-refractivity contribution is 0.878. The highest BCUT2D eigenvalue weighted by Crippen LogP contribution is 2.30. The molecule has 0 radical (unpaired) electrons. The zero-order valence-electron chi connectivity index (χ0n) is 4.49.